The number of rotatable bonds is 13. The SMILES string of the molecule is C=CC(=C)OCCOCCOCCOC(O)C=C. The third-order valence-electron chi connectivity index (χ3n) is 1.83. The van der Waals surface area contributed by atoms with E-state index in [0.717, 1.165) is 0 Å². The summed E-state index contributed by atoms with van der Waals surface area (Å²) in [5, 5.41) is 8.97. The lowest BCUT2D eigenvalue weighted by molar-refractivity contribution is -0.0840. The van der Waals surface area contributed by atoms with Crippen molar-refractivity contribution in [3.63, 3.8) is 0 Å². The molecule has 0 spiro atoms. The second-order valence-electron chi connectivity index (χ2n) is 3.24. The van der Waals surface area contributed by atoms with Crippen LogP contribution >= 0.6 is 0 Å². The second kappa shape index (κ2) is 12.3. The molecule has 104 valence electrons. The lowest BCUT2D eigenvalue weighted by atomic mass is 10.5. The van der Waals surface area contributed by atoms with Crippen molar-refractivity contribution in [3.05, 3.63) is 37.6 Å². The van der Waals surface area contributed by atoms with Crippen molar-refractivity contribution < 1.29 is 24.1 Å². The van der Waals surface area contributed by atoms with Crippen molar-refractivity contribution in [2.75, 3.05) is 39.6 Å². The van der Waals surface area contributed by atoms with E-state index in [-0.39, 0.29) is 0 Å². The molecule has 0 aromatic rings. The Balaban J connectivity index is 3.09. The molecule has 5 nitrogen and oxygen atoms in total. The van der Waals surface area contributed by atoms with Gasteiger partial charge in [0.15, 0.2) is 6.29 Å². The Morgan fingerprint density at radius 3 is 2.11 bits per heavy atom. The number of aliphatic hydroxyl groups is 1. The monoisotopic (exact) mass is 258 g/mol. The third kappa shape index (κ3) is 11.3. The molecule has 0 saturated heterocycles. The smallest absolute Gasteiger partial charge is 0.173 e. The first-order valence-electron chi connectivity index (χ1n) is 5.72. The van der Waals surface area contributed by atoms with Gasteiger partial charge in [0.1, 0.15) is 12.4 Å². The van der Waals surface area contributed by atoms with Gasteiger partial charge >= 0.3 is 0 Å². The molecule has 0 amide bonds. The van der Waals surface area contributed by atoms with Crippen molar-refractivity contribution in [2.45, 2.75) is 6.29 Å². The molecule has 0 rings (SSSR count). The third-order valence-corrected chi connectivity index (χ3v) is 1.83. The Hall–Kier alpha value is -1.14. The molecule has 18 heavy (non-hydrogen) atoms. The fourth-order valence-electron chi connectivity index (χ4n) is 0.908. The van der Waals surface area contributed by atoms with Gasteiger partial charge in [-0.15, -0.1) is 0 Å². The van der Waals surface area contributed by atoms with Crippen molar-refractivity contribution in [3.8, 4) is 0 Å². The summed E-state index contributed by atoms with van der Waals surface area (Å²) in [6.45, 7) is 13.1. The molecule has 0 bridgehead atoms. The summed E-state index contributed by atoms with van der Waals surface area (Å²) in [4.78, 5) is 0. The molecule has 0 saturated carbocycles. The minimum atomic E-state index is -0.931. The maximum absolute atomic E-state index is 8.97. The molecule has 0 radical (unpaired) electrons. The number of ether oxygens (including phenoxy) is 4. The van der Waals surface area contributed by atoms with Gasteiger partial charge < -0.3 is 24.1 Å². The standard InChI is InChI=1S/C13H22O5/c1-4-12(3)17-10-8-15-6-7-16-9-11-18-13(14)5-2/h4-5,13-14H,1-3,6-11H2. The van der Waals surface area contributed by atoms with E-state index >= 15 is 0 Å². The van der Waals surface area contributed by atoms with Crippen molar-refractivity contribution >= 4 is 0 Å². The minimum Gasteiger partial charge on any atom is -0.492 e. The summed E-state index contributed by atoms with van der Waals surface area (Å²) in [6, 6.07) is 0. The van der Waals surface area contributed by atoms with Crippen LogP contribution in [-0.4, -0.2) is 51.0 Å². The Morgan fingerprint density at radius 2 is 1.56 bits per heavy atom. The van der Waals surface area contributed by atoms with Gasteiger partial charge in [0.2, 0.25) is 0 Å². The molecule has 5 heteroatoms. The van der Waals surface area contributed by atoms with E-state index in [4.69, 9.17) is 24.1 Å². The number of hydrogen-bond acceptors (Lipinski definition) is 5. The molecule has 0 aliphatic carbocycles. The summed E-state index contributed by atoms with van der Waals surface area (Å²) in [7, 11) is 0. The summed E-state index contributed by atoms with van der Waals surface area (Å²) < 4.78 is 20.5. The normalized spacial score (nSPS) is 11.8. The summed E-state index contributed by atoms with van der Waals surface area (Å²) in [6.07, 6.45) is 1.92. The van der Waals surface area contributed by atoms with Crippen LogP contribution in [0.2, 0.25) is 0 Å². The van der Waals surface area contributed by atoms with E-state index in [2.05, 4.69) is 19.7 Å². The molecule has 1 N–H and O–H groups in total. The fraction of sp³-hybridized carbons (Fsp3) is 0.538. The average Bonchev–Trinajstić information content (AvgIpc) is 2.40. The lowest BCUT2D eigenvalue weighted by Gasteiger charge is -2.09. The zero-order valence-electron chi connectivity index (χ0n) is 10.7. The predicted octanol–water partition coefficient (Wildman–Crippen LogP) is 1.26. The average molecular weight is 258 g/mol. The van der Waals surface area contributed by atoms with Gasteiger partial charge in [-0.05, 0) is 12.2 Å². The van der Waals surface area contributed by atoms with Crippen LogP contribution < -0.4 is 0 Å². The first-order valence-corrected chi connectivity index (χ1v) is 5.72. The highest BCUT2D eigenvalue weighted by molar-refractivity contribution is 5.01. The maximum atomic E-state index is 8.97. The maximum Gasteiger partial charge on any atom is 0.173 e. The first-order chi connectivity index (χ1) is 8.70. The van der Waals surface area contributed by atoms with Crippen LogP contribution in [0.1, 0.15) is 0 Å². The van der Waals surface area contributed by atoms with E-state index in [1.807, 2.05) is 0 Å². The van der Waals surface area contributed by atoms with Gasteiger partial charge in [0.25, 0.3) is 0 Å². The van der Waals surface area contributed by atoms with Gasteiger partial charge in [-0.1, -0.05) is 19.7 Å². The molecule has 0 aromatic heterocycles. The zero-order chi connectivity index (χ0) is 13.6. The van der Waals surface area contributed by atoms with Crippen LogP contribution in [0.5, 0.6) is 0 Å². The molecule has 0 heterocycles. The van der Waals surface area contributed by atoms with Crippen LogP contribution in [0.25, 0.3) is 0 Å². The van der Waals surface area contributed by atoms with Crippen LogP contribution in [0.15, 0.2) is 37.6 Å². The topological polar surface area (TPSA) is 57.2 Å². The predicted molar refractivity (Wildman–Crippen MR) is 69.1 cm³/mol. The largest absolute Gasteiger partial charge is 0.492 e. The minimum absolute atomic E-state index is 0.315. The second-order valence-corrected chi connectivity index (χ2v) is 3.24. The van der Waals surface area contributed by atoms with Crippen molar-refractivity contribution in [1.29, 1.82) is 0 Å². The zero-order valence-corrected chi connectivity index (χ0v) is 10.7. The lowest BCUT2D eigenvalue weighted by Crippen LogP contribution is -2.15. The number of aliphatic hydroxyl groups excluding tert-OH is 1. The van der Waals surface area contributed by atoms with Gasteiger partial charge in [-0.2, -0.15) is 0 Å². The van der Waals surface area contributed by atoms with Crippen LogP contribution in [0.3, 0.4) is 0 Å². The summed E-state index contributed by atoms with van der Waals surface area (Å²) >= 11 is 0. The van der Waals surface area contributed by atoms with Crippen LogP contribution in [0, 0.1) is 0 Å². The molecular weight excluding hydrogens is 236 g/mol. The van der Waals surface area contributed by atoms with Gasteiger partial charge in [0, 0.05) is 0 Å². The van der Waals surface area contributed by atoms with E-state index in [9.17, 15) is 0 Å². The van der Waals surface area contributed by atoms with Gasteiger partial charge in [-0.25, -0.2) is 0 Å². The molecule has 0 aromatic carbocycles. The van der Waals surface area contributed by atoms with Crippen molar-refractivity contribution in [1.82, 2.24) is 0 Å². The summed E-state index contributed by atoms with van der Waals surface area (Å²) in [5.74, 6) is 0.535. The van der Waals surface area contributed by atoms with Crippen molar-refractivity contribution in [2.24, 2.45) is 0 Å². The highest BCUT2D eigenvalue weighted by Gasteiger charge is 1.96. The Kier molecular flexibility index (Phi) is 11.5. The Bertz CT molecular complexity index is 240. The molecule has 1 unspecified atom stereocenters. The molecule has 0 aliphatic rings. The van der Waals surface area contributed by atoms with E-state index in [1.165, 1.54) is 6.08 Å². The van der Waals surface area contributed by atoms with Crippen LogP contribution in [-0.2, 0) is 18.9 Å². The Morgan fingerprint density at radius 1 is 1.00 bits per heavy atom. The van der Waals surface area contributed by atoms with E-state index in [1.54, 1.807) is 6.08 Å². The molecule has 0 fully saturated rings. The number of allylic oxidation sites excluding steroid dienone is 1. The number of hydrogen-bond donors (Lipinski definition) is 1. The van der Waals surface area contributed by atoms with E-state index in [0.29, 0.717) is 45.4 Å². The summed E-state index contributed by atoms with van der Waals surface area (Å²) in [5.41, 5.74) is 0. The first kappa shape index (κ1) is 16.9. The highest BCUT2D eigenvalue weighted by Crippen LogP contribution is 1.93. The van der Waals surface area contributed by atoms with E-state index < -0.39 is 6.29 Å². The highest BCUT2D eigenvalue weighted by atomic mass is 16.6. The van der Waals surface area contributed by atoms with Gasteiger partial charge in [-0.3, -0.25) is 0 Å². The molecule has 1 atom stereocenters. The Labute approximate surface area is 108 Å². The molecule has 0 aliphatic heterocycles. The van der Waals surface area contributed by atoms with Crippen LogP contribution in [0.4, 0.5) is 0 Å². The fourth-order valence-corrected chi connectivity index (χ4v) is 0.908. The van der Waals surface area contributed by atoms with Gasteiger partial charge in [0.05, 0.1) is 33.0 Å². The quantitative estimate of drug-likeness (QED) is 0.177. The molecular formula is C13H22O5.